The highest BCUT2D eigenvalue weighted by molar-refractivity contribution is 5.95. The molecule has 0 saturated carbocycles. The quantitative estimate of drug-likeness (QED) is 0.518. The van der Waals surface area contributed by atoms with Crippen LogP contribution in [0.3, 0.4) is 0 Å². The van der Waals surface area contributed by atoms with Crippen molar-refractivity contribution in [3.8, 4) is 5.75 Å². The van der Waals surface area contributed by atoms with Gasteiger partial charge in [-0.05, 0) is 25.8 Å². The summed E-state index contributed by atoms with van der Waals surface area (Å²) < 4.78 is 11.2. The highest BCUT2D eigenvalue weighted by atomic mass is 16.5. The third kappa shape index (κ3) is 4.77. The van der Waals surface area contributed by atoms with Crippen molar-refractivity contribution >= 4 is 12.0 Å². The summed E-state index contributed by atoms with van der Waals surface area (Å²) in [5.74, 6) is 0.246. The molecular weight excluding hydrogens is 332 g/mol. The van der Waals surface area contributed by atoms with Gasteiger partial charge >= 0.3 is 12.0 Å². The molecule has 0 saturated heterocycles. The zero-order valence-corrected chi connectivity index (χ0v) is 15.8. The number of amides is 2. The van der Waals surface area contributed by atoms with Gasteiger partial charge in [0.05, 0.1) is 24.8 Å². The number of para-hydroxylation sites is 1. The van der Waals surface area contributed by atoms with E-state index >= 15 is 0 Å². The first kappa shape index (κ1) is 19.8. The highest BCUT2D eigenvalue weighted by Crippen LogP contribution is 2.34. The Morgan fingerprint density at radius 2 is 1.92 bits per heavy atom. The lowest BCUT2D eigenvalue weighted by atomic mass is 9.93. The van der Waals surface area contributed by atoms with Crippen molar-refractivity contribution < 1.29 is 19.1 Å². The molecule has 0 fully saturated rings. The van der Waals surface area contributed by atoms with Crippen LogP contribution in [0.1, 0.15) is 58.1 Å². The van der Waals surface area contributed by atoms with Crippen LogP contribution in [0.5, 0.6) is 5.75 Å². The van der Waals surface area contributed by atoms with Crippen molar-refractivity contribution in [2.45, 2.75) is 52.5 Å². The number of ether oxygens (including phenoxy) is 2. The minimum atomic E-state index is -0.597. The van der Waals surface area contributed by atoms with Gasteiger partial charge in [0, 0.05) is 11.3 Å². The molecule has 26 heavy (non-hydrogen) atoms. The average molecular weight is 360 g/mol. The maximum absolute atomic E-state index is 12.6. The van der Waals surface area contributed by atoms with E-state index in [1.165, 1.54) is 0 Å². The number of carbonyl (C=O) groups excluding carboxylic acids is 2. The lowest BCUT2D eigenvalue weighted by molar-refractivity contribution is -0.139. The van der Waals surface area contributed by atoms with Gasteiger partial charge in [0.15, 0.2) is 0 Å². The fourth-order valence-corrected chi connectivity index (χ4v) is 2.96. The summed E-state index contributed by atoms with van der Waals surface area (Å²) in [7, 11) is 0. The van der Waals surface area contributed by atoms with Crippen molar-refractivity contribution in [1.82, 2.24) is 10.6 Å². The lowest BCUT2D eigenvalue weighted by Gasteiger charge is -2.30. The fraction of sp³-hybridized carbons (Fsp3) is 0.500. The zero-order valence-electron chi connectivity index (χ0n) is 15.8. The molecule has 1 heterocycles. The molecule has 2 rings (SSSR count). The second-order valence-electron chi connectivity index (χ2n) is 6.09. The summed E-state index contributed by atoms with van der Waals surface area (Å²) in [6.07, 6.45) is 3.70. The number of allylic oxidation sites excluding steroid dienone is 1. The Kier molecular flexibility index (Phi) is 7.51. The maximum Gasteiger partial charge on any atom is 0.338 e. The van der Waals surface area contributed by atoms with E-state index in [0.29, 0.717) is 30.0 Å². The van der Waals surface area contributed by atoms with Gasteiger partial charge in [-0.1, -0.05) is 44.9 Å². The molecule has 1 aliphatic heterocycles. The van der Waals surface area contributed by atoms with Gasteiger partial charge < -0.3 is 20.1 Å². The summed E-state index contributed by atoms with van der Waals surface area (Å²) in [6.45, 7) is 6.67. The molecule has 1 atom stereocenters. The molecule has 0 radical (unpaired) electrons. The van der Waals surface area contributed by atoms with Crippen LogP contribution in [0.25, 0.3) is 0 Å². The van der Waals surface area contributed by atoms with Crippen LogP contribution >= 0.6 is 0 Å². The molecule has 0 spiro atoms. The summed E-state index contributed by atoms with van der Waals surface area (Å²) in [5, 5.41) is 5.56. The van der Waals surface area contributed by atoms with Gasteiger partial charge in [-0.3, -0.25) is 0 Å². The number of unbranched alkanes of at least 4 members (excludes halogenated alkanes) is 2. The predicted molar refractivity (Wildman–Crippen MR) is 99.8 cm³/mol. The predicted octanol–water partition coefficient (Wildman–Crippen LogP) is 3.84. The Balaban J connectivity index is 2.37. The van der Waals surface area contributed by atoms with E-state index in [4.69, 9.17) is 9.47 Å². The number of carbonyl (C=O) groups is 2. The first-order valence-corrected chi connectivity index (χ1v) is 9.31. The third-order valence-electron chi connectivity index (χ3n) is 4.24. The maximum atomic E-state index is 12.6. The Labute approximate surface area is 154 Å². The van der Waals surface area contributed by atoms with Crippen LogP contribution in [0, 0.1) is 0 Å². The second kappa shape index (κ2) is 9.85. The van der Waals surface area contributed by atoms with E-state index in [-0.39, 0.29) is 12.6 Å². The van der Waals surface area contributed by atoms with Crippen LogP contribution in [0.2, 0.25) is 0 Å². The lowest BCUT2D eigenvalue weighted by Crippen LogP contribution is -2.46. The molecule has 0 aromatic heterocycles. The fourth-order valence-electron chi connectivity index (χ4n) is 2.96. The molecule has 6 nitrogen and oxygen atoms in total. The van der Waals surface area contributed by atoms with Gasteiger partial charge in [0.25, 0.3) is 0 Å². The van der Waals surface area contributed by atoms with E-state index in [0.717, 1.165) is 24.8 Å². The zero-order chi connectivity index (χ0) is 18.9. The standard InChI is InChI=1S/C20H28N2O4/c1-4-7-10-13-26-16-12-9-8-11-14(16)18-17(19(23)25-6-3)15(5-2)21-20(24)22-18/h8-9,11-12,18H,4-7,10,13H2,1-3H3,(H2,21,22,24). The topological polar surface area (TPSA) is 76.7 Å². The molecule has 2 N–H and O–H groups in total. The molecule has 1 aromatic rings. The van der Waals surface area contributed by atoms with Crippen LogP contribution in [-0.4, -0.2) is 25.2 Å². The number of hydrogen-bond donors (Lipinski definition) is 2. The molecule has 142 valence electrons. The van der Waals surface area contributed by atoms with Crippen LogP contribution in [0.4, 0.5) is 4.79 Å². The second-order valence-corrected chi connectivity index (χ2v) is 6.09. The molecule has 1 aliphatic rings. The smallest absolute Gasteiger partial charge is 0.338 e. The minimum Gasteiger partial charge on any atom is -0.493 e. The van der Waals surface area contributed by atoms with Gasteiger partial charge in [-0.2, -0.15) is 0 Å². The first-order valence-electron chi connectivity index (χ1n) is 9.31. The average Bonchev–Trinajstić information content (AvgIpc) is 2.65. The molecule has 1 unspecified atom stereocenters. The van der Waals surface area contributed by atoms with Crippen molar-refractivity contribution in [1.29, 1.82) is 0 Å². The highest BCUT2D eigenvalue weighted by Gasteiger charge is 2.34. The normalized spacial score (nSPS) is 16.7. The number of esters is 1. The summed E-state index contributed by atoms with van der Waals surface area (Å²) in [6, 6.07) is 6.56. The summed E-state index contributed by atoms with van der Waals surface area (Å²) >= 11 is 0. The van der Waals surface area contributed by atoms with E-state index in [2.05, 4.69) is 17.6 Å². The molecule has 0 aliphatic carbocycles. The van der Waals surface area contributed by atoms with Gasteiger partial charge in [0.1, 0.15) is 5.75 Å². The number of hydrogen-bond acceptors (Lipinski definition) is 4. The molecule has 1 aromatic carbocycles. The Morgan fingerprint density at radius 3 is 2.62 bits per heavy atom. The number of urea groups is 1. The molecule has 6 heteroatoms. The van der Waals surface area contributed by atoms with Crippen LogP contribution < -0.4 is 15.4 Å². The van der Waals surface area contributed by atoms with Crippen molar-refractivity contribution in [2.24, 2.45) is 0 Å². The Bertz CT molecular complexity index is 670. The van der Waals surface area contributed by atoms with E-state index in [1.807, 2.05) is 31.2 Å². The molecule has 0 bridgehead atoms. The number of rotatable bonds is 9. The van der Waals surface area contributed by atoms with Crippen molar-refractivity contribution in [2.75, 3.05) is 13.2 Å². The monoisotopic (exact) mass is 360 g/mol. The largest absolute Gasteiger partial charge is 0.493 e. The number of benzene rings is 1. The first-order chi connectivity index (χ1) is 12.6. The summed E-state index contributed by atoms with van der Waals surface area (Å²) in [4.78, 5) is 24.7. The van der Waals surface area contributed by atoms with Crippen LogP contribution in [-0.2, 0) is 9.53 Å². The third-order valence-corrected chi connectivity index (χ3v) is 4.24. The van der Waals surface area contributed by atoms with Gasteiger partial charge in [-0.15, -0.1) is 0 Å². The Hall–Kier alpha value is -2.50. The van der Waals surface area contributed by atoms with Gasteiger partial charge in [-0.25, -0.2) is 9.59 Å². The van der Waals surface area contributed by atoms with Gasteiger partial charge in [0.2, 0.25) is 0 Å². The molecular formula is C20H28N2O4. The van der Waals surface area contributed by atoms with E-state index in [9.17, 15) is 9.59 Å². The van der Waals surface area contributed by atoms with E-state index in [1.54, 1.807) is 6.92 Å². The van der Waals surface area contributed by atoms with Crippen LogP contribution in [0.15, 0.2) is 35.5 Å². The molecule has 2 amide bonds. The SMILES string of the molecule is CCCCCOc1ccccc1C1NC(=O)NC(CC)=C1C(=O)OCC. The van der Waals surface area contributed by atoms with Crippen molar-refractivity contribution in [3.63, 3.8) is 0 Å². The summed E-state index contributed by atoms with van der Waals surface area (Å²) in [5.41, 5.74) is 1.77. The number of nitrogens with one attached hydrogen (secondary N) is 2. The minimum absolute atomic E-state index is 0.273. The van der Waals surface area contributed by atoms with E-state index < -0.39 is 12.0 Å². The van der Waals surface area contributed by atoms with Crippen molar-refractivity contribution in [3.05, 3.63) is 41.1 Å². The Morgan fingerprint density at radius 1 is 1.15 bits per heavy atom.